The zero-order valence-electron chi connectivity index (χ0n) is 13.7. The molecule has 1 aromatic rings. The van der Waals surface area contributed by atoms with Gasteiger partial charge in [-0.2, -0.15) is 0 Å². The van der Waals surface area contributed by atoms with E-state index in [1.54, 1.807) is 11.0 Å². The second kappa shape index (κ2) is 7.00. The van der Waals surface area contributed by atoms with Gasteiger partial charge in [0.15, 0.2) is 6.54 Å². The monoisotopic (exact) mass is 332 g/mol. The number of hydrogen-bond donors (Lipinski definition) is 2. The van der Waals surface area contributed by atoms with E-state index in [-0.39, 0.29) is 30.2 Å². The minimum absolute atomic E-state index is 0.0495. The van der Waals surface area contributed by atoms with Crippen molar-refractivity contribution in [3.8, 4) is 0 Å². The number of anilines is 2. The van der Waals surface area contributed by atoms with E-state index in [0.717, 1.165) is 36.5 Å². The molecule has 0 atom stereocenters. The van der Waals surface area contributed by atoms with Crippen molar-refractivity contribution < 1.29 is 24.0 Å². The lowest BCUT2D eigenvalue weighted by Gasteiger charge is -2.32. The van der Waals surface area contributed by atoms with Gasteiger partial charge in [0, 0.05) is 12.8 Å². The van der Waals surface area contributed by atoms with Crippen LogP contribution in [0.1, 0.15) is 12.8 Å². The van der Waals surface area contributed by atoms with Crippen LogP contribution in [-0.4, -0.2) is 51.1 Å². The molecule has 1 aromatic carbocycles. The van der Waals surface area contributed by atoms with Crippen molar-refractivity contribution in [3.63, 3.8) is 0 Å². The first-order valence-electron chi connectivity index (χ1n) is 8.19. The molecule has 0 saturated carbocycles. The van der Waals surface area contributed by atoms with E-state index in [1.807, 2.05) is 18.2 Å². The van der Waals surface area contributed by atoms with Crippen LogP contribution in [0.4, 0.5) is 11.4 Å². The van der Waals surface area contributed by atoms with E-state index in [9.17, 15) is 14.4 Å². The highest BCUT2D eigenvalue weighted by Crippen LogP contribution is 2.28. The molecule has 2 N–H and O–H groups in total. The fraction of sp³-hybridized carbons (Fsp3) is 0.471. The van der Waals surface area contributed by atoms with E-state index in [1.165, 1.54) is 7.11 Å². The van der Waals surface area contributed by atoms with Crippen LogP contribution in [0.2, 0.25) is 0 Å². The average molecular weight is 332 g/mol. The molecule has 2 aliphatic rings. The van der Waals surface area contributed by atoms with Crippen molar-refractivity contribution in [2.75, 3.05) is 43.5 Å². The Bertz CT molecular complexity index is 653. The molecule has 0 aliphatic carbocycles. The molecule has 0 aromatic heterocycles. The highest BCUT2D eigenvalue weighted by Gasteiger charge is 2.32. The first-order chi connectivity index (χ1) is 11.6. The number of benzene rings is 1. The van der Waals surface area contributed by atoms with Gasteiger partial charge in [0.2, 0.25) is 5.91 Å². The molecule has 24 heavy (non-hydrogen) atoms. The number of ether oxygens (including phenoxy) is 1. The van der Waals surface area contributed by atoms with Crippen LogP contribution in [0.25, 0.3) is 0 Å². The maximum atomic E-state index is 12.7. The summed E-state index contributed by atoms with van der Waals surface area (Å²) in [6, 6.07) is 7.31. The topological polar surface area (TPSA) is 80.2 Å². The van der Waals surface area contributed by atoms with Gasteiger partial charge in [-0.25, -0.2) is 0 Å². The maximum absolute atomic E-state index is 12.7. The molecule has 0 unspecified atom stereocenters. The molecule has 1 saturated heterocycles. The van der Waals surface area contributed by atoms with Gasteiger partial charge in [-0.1, -0.05) is 12.1 Å². The van der Waals surface area contributed by atoms with Crippen molar-refractivity contribution in [1.29, 1.82) is 0 Å². The lowest BCUT2D eigenvalue weighted by Crippen LogP contribution is -3.14. The number of carbonyl (C=O) groups excluding carboxylic acids is 3. The molecule has 7 heteroatoms. The molecule has 1 fully saturated rings. The van der Waals surface area contributed by atoms with Crippen molar-refractivity contribution in [2.24, 2.45) is 5.92 Å². The Hall–Kier alpha value is -2.41. The summed E-state index contributed by atoms with van der Waals surface area (Å²) in [4.78, 5) is 38.8. The number of methoxy groups -OCH3 is 1. The van der Waals surface area contributed by atoms with Crippen LogP contribution >= 0.6 is 0 Å². The van der Waals surface area contributed by atoms with Crippen LogP contribution in [0.5, 0.6) is 0 Å². The van der Waals surface area contributed by atoms with Crippen LogP contribution in [0.3, 0.4) is 0 Å². The van der Waals surface area contributed by atoms with Crippen molar-refractivity contribution >= 4 is 29.2 Å². The van der Waals surface area contributed by atoms with Crippen molar-refractivity contribution in [1.82, 2.24) is 0 Å². The van der Waals surface area contributed by atoms with E-state index in [4.69, 9.17) is 4.74 Å². The molecule has 7 nitrogen and oxygen atoms in total. The number of hydrogen-bond acceptors (Lipinski definition) is 4. The van der Waals surface area contributed by atoms with E-state index >= 15 is 0 Å². The van der Waals surface area contributed by atoms with E-state index in [2.05, 4.69) is 5.32 Å². The fourth-order valence-corrected chi connectivity index (χ4v) is 3.37. The van der Waals surface area contributed by atoms with Gasteiger partial charge < -0.3 is 15.0 Å². The summed E-state index contributed by atoms with van der Waals surface area (Å²) in [5, 5.41) is 2.78. The number of esters is 1. The van der Waals surface area contributed by atoms with Gasteiger partial charge in [0.1, 0.15) is 6.54 Å². The molecule has 0 radical (unpaired) electrons. The Morgan fingerprint density at radius 1 is 1.29 bits per heavy atom. The smallest absolute Gasteiger partial charge is 0.309 e. The Morgan fingerprint density at radius 3 is 2.71 bits per heavy atom. The normalized spacial score (nSPS) is 23.2. The highest BCUT2D eigenvalue weighted by molar-refractivity contribution is 6.10. The van der Waals surface area contributed by atoms with Gasteiger partial charge in [-0.15, -0.1) is 0 Å². The summed E-state index contributed by atoms with van der Waals surface area (Å²) in [6.45, 7) is 1.89. The van der Waals surface area contributed by atoms with Gasteiger partial charge in [0.25, 0.3) is 5.91 Å². The van der Waals surface area contributed by atoms with Crippen LogP contribution in [0.15, 0.2) is 24.3 Å². The lowest BCUT2D eigenvalue weighted by molar-refractivity contribution is -0.897. The van der Waals surface area contributed by atoms with Crippen LogP contribution in [0, 0.1) is 5.92 Å². The lowest BCUT2D eigenvalue weighted by atomic mass is 9.97. The van der Waals surface area contributed by atoms with Crippen molar-refractivity contribution in [2.45, 2.75) is 12.8 Å². The largest absolute Gasteiger partial charge is 0.469 e. The third-order valence-corrected chi connectivity index (χ3v) is 4.70. The Kier molecular flexibility index (Phi) is 4.80. The van der Waals surface area contributed by atoms with E-state index < -0.39 is 0 Å². The summed E-state index contributed by atoms with van der Waals surface area (Å²) in [7, 11) is 1.41. The van der Waals surface area contributed by atoms with Crippen LogP contribution in [-0.2, 0) is 19.1 Å². The summed E-state index contributed by atoms with van der Waals surface area (Å²) in [5.74, 6) is -0.470. The number of amides is 2. The first kappa shape index (κ1) is 16.4. The number of para-hydroxylation sites is 2. The molecular weight excluding hydrogens is 310 g/mol. The summed E-state index contributed by atoms with van der Waals surface area (Å²) in [6.07, 6.45) is 1.46. The maximum Gasteiger partial charge on any atom is 0.309 e. The first-order valence-corrected chi connectivity index (χ1v) is 8.19. The number of likely N-dealkylation sites (tertiary alicyclic amines) is 1. The van der Waals surface area contributed by atoms with Crippen LogP contribution < -0.4 is 15.1 Å². The zero-order valence-corrected chi connectivity index (χ0v) is 13.7. The third-order valence-electron chi connectivity index (χ3n) is 4.70. The second-order valence-corrected chi connectivity index (χ2v) is 6.27. The van der Waals surface area contributed by atoms with E-state index in [0.29, 0.717) is 12.2 Å². The SMILES string of the molecule is COC(=O)C1CC[NH+](CC(=O)N2CC(=O)Nc3ccccc32)CC1. The minimum atomic E-state index is -0.179. The number of fused-ring (bicyclic) bond motifs is 1. The molecule has 2 heterocycles. The Morgan fingerprint density at radius 2 is 2.00 bits per heavy atom. The standard InChI is InChI=1S/C17H21N3O4/c1-24-17(23)12-6-8-19(9-7-12)11-16(22)20-10-15(21)18-13-4-2-3-5-14(13)20/h2-5,12H,6-11H2,1H3,(H,18,21)/p+1. The molecule has 128 valence electrons. The predicted molar refractivity (Wildman–Crippen MR) is 87.7 cm³/mol. The van der Waals surface area contributed by atoms with Gasteiger partial charge in [0.05, 0.1) is 37.5 Å². The fourth-order valence-electron chi connectivity index (χ4n) is 3.37. The van der Waals surface area contributed by atoms with Gasteiger partial charge >= 0.3 is 5.97 Å². The number of nitrogens with zero attached hydrogens (tertiary/aromatic N) is 1. The quantitative estimate of drug-likeness (QED) is 0.727. The number of piperidine rings is 1. The highest BCUT2D eigenvalue weighted by atomic mass is 16.5. The van der Waals surface area contributed by atoms with Crippen molar-refractivity contribution in [3.05, 3.63) is 24.3 Å². The number of nitrogens with one attached hydrogen (secondary N) is 2. The Labute approximate surface area is 140 Å². The molecule has 0 bridgehead atoms. The molecule has 3 rings (SSSR count). The molecule has 2 amide bonds. The van der Waals surface area contributed by atoms with Gasteiger partial charge in [-0.05, 0) is 12.1 Å². The summed E-state index contributed by atoms with van der Waals surface area (Å²) in [5.41, 5.74) is 1.41. The molecule has 0 spiro atoms. The zero-order chi connectivity index (χ0) is 17.1. The predicted octanol–water partition coefficient (Wildman–Crippen LogP) is -0.560. The average Bonchev–Trinajstić information content (AvgIpc) is 2.60. The minimum Gasteiger partial charge on any atom is -0.469 e. The number of quaternary nitrogens is 1. The second-order valence-electron chi connectivity index (χ2n) is 6.27. The summed E-state index contributed by atoms with van der Waals surface area (Å²) < 4.78 is 4.78. The third kappa shape index (κ3) is 3.41. The molecule has 2 aliphatic heterocycles. The molecular formula is C17H22N3O4+. The summed E-state index contributed by atoms with van der Waals surface area (Å²) >= 11 is 0. The van der Waals surface area contributed by atoms with Gasteiger partial charge in [-0.3, -0.25) is 19.3 Å². The number of rotatable bonds is 3. The number of carbonyl (C=O) groups is 3. The Balaban J connectivity index is 1.62.